The second-order valence-electron chi connectivity index (χ2n) is 19.9. The van der Waals surface area contributed by atoms with Crippen LogP contribution in [0, 0.1) is 99.1 Å². The van der Waals surface area contributed by atoms with E-state index in [-0.39, 0.29) is 29.8 Å². The van der Waals surface area contributed by atoms with Crippen LogP contribution in [0.3, 0.4) is 0 Å². The molecule has 17 atom stereocenters. The van der Waals surface area contributed by atoms with Gasteiger partial charge >= 0.3 is 0 Å². The van der Waals surface area contributed by atoms with Gasteiger partial charge in [-0.05, 0) is 125 Å². The van der Waals surface area contributed by atoms with Crippen LogP contribution in [0.15, 0.2) is 0 Å². The van der Waals surface area contributed by atoms with E-state index in [0.717, 1.165) is 30.1 Å². The Morgan fingerprint density at radius 3 is 1.29 bits per heavy atom. The lowest BCUT2D eigenvalue weighted by Gasteiger charge is -2.60. The largest absolute Gasteiger partial charge is 0.374 e. The third-order valence-corrected chi connectivity index (χ3v) is 18.2. The van der Waals surface area contributed by atoms with Crippen LogP contribution in [-0.4, -0.2) is 58.3 Å². The minimum absolute atomic E-state index is 0.0425. The molecule has 0 amide bonds. The van der Waals surface area contributed by atoms with Gasteiger partial charge in [0.05, 0.1) is 42.3 Å². The van der Waals surface area contributed by atoms with Crippen molar-refractivity contribution in [3.63, 3.8) is 0 Å². The molecule has 0 N–H and O–H groups in total. The Balaban J connectivity index is 1.16. The van der Waals surface area contributed by atoms with Crippen LogP contribution in [-0.2, 0) is 4.74 Å². The summed E-state index contributed by atoms with van der Waals surface area (Å²) < 4.78 is 7.39. The molecule has 10 aliphatic rings. The summed E-state index contributed by atoms with van der Waals surface area (Å²) in [4.78, 5) is 6.60. The van der Waals surface area contributed by atoms with E-state index in [1.54, 1.807) is 0 Å². The highest BCUT2D eigenvalue weighted by Crippen LogP contribution is 2.62. The average Bonchev–Trinajstić information content (AvgIpc) is 3.84. The highest BCUT2D eigenvalue weighted by Gasteiger charge is 2.67. The first kappa shape index (κ1) is 33.9. The van der Waals surface area contributed by atoms with Gasteiger partial charge in [0.1, 0.15) is 0 Å². The summed E-state index contributed by atoms with van der Waals surface area (Å²) in [5.74, 6) is 4.38. The molecule has 3 heterocycles. The Morgan fingerprint density at radius 2 is 0.824 bits per heavy atom. The zero-order valence-corrected chi connectivity index (χ0v) is 31.4. The predicted octanol–water partition coefficient (Wildman–Crippen LogP) is 9.01. The molecule has 10 rings (SSSR count). The first-order chi connectivity index (χ1) is 25.2. The van der Waals surface area contributed by atoms with Gasteiger partial charge in [-0.25, -0.2) is 0 Å². The minimum Gasteiger partial charge on any atom is -0.374 e. The Hall–Kier alpha value is -1.65. The number of hydrogen-bond acceptors (Lipinski definition) is 6. The standard InChI is InChI=1S/C45H65N5O/c46-24-27-21-28(25-47)42(29(22-27)26-48)35-23-41-43(34-15-5-10-20-40(34)51-41)45(50-38-18-8-3-13-32(38)33-14-4-9-19-39(33)50)44(35)49-36-16-6-1-11-30(36)31-12-2-7-17-37(31)49/h27-45H,1-23H2. The SMILES string of the molecule is N#CC1CC(C#N)C(C2CC3OC4CCCCC4C3C(N3C4CCCCC4C4CCCCC43)C2N2C3CCCCC3C3CCCCC32)C(C#N)C1. The second-order valence-corrected chi connectivity index (χ2v) is 19.9. The second kappa shape index (κ2) is 13.9. The van der Waals surface area contributed by atoms with E-state index in [1.165, 1.54) is 128 Å². The van der Waals surface area contributed by atoms with Crippen LogP contribution in [0.4, 0.5) is 0 Å². The Kier molecular flexibility index (Phi) is 9.23. The fourth-order valence-electron chi connectivity index (χ4n) is 16.8. The van der Waals surface area contributed by atoms with Crippen LogP contribution in [0.1, 0.15) is 148 Å². The maximum Gasteiger partial charge on any atom is 0.0659 e. The topological polar surface area (TPSA) is 87.1 Å². The molecule has 0 aromatic heterocycles. The van der Waals surface area contributed by atoms with E-state index in [4.69, 9.17) is 4.74 Å². The molecule has 276 valence electrons. The molecule has 3 saturated heterocycles. The number of rotatable bonds is 3. The lowest BCUT2D eigenvalue weighted by Crippen LogP contribution is -2.70. The van der Waals surface area contributed by atoms with Gasteiger partial charge < -0.3 is 4.74 Å². The number of fused-ring (bicyclic) bond motifs is 9. The molecular weight excluding hydrogens is 627 g/mol. The van der Waals surface area contributed by atoms with Crippen molar-refractivity contribution in [2.24, 2.45) is 65.1 Å². The average molecular weight is 692 g/mol. The van der Waals surface area contributed by atoms with Crippen LogP contribution < -0.4 is 0 Å². The van der Waals surface area contributed by atoms with Gasteiger partial charge in [0.25, 0.3) is 0 Å². The first-order valence-electron chi connectivity index (χ1n) is 22.6. The fourth-order valence-corrected chi connectivity index (χ4v) is 16.8. The van der Waals surface area contributed by atoms with E-state index in [2.05, 4.69) is 28.0 Å². The molecule has 7 saturated carbocycles. The molecule has 51 heavy (non-hydrogen) atoms. The molecule has 17 unspecified atom stereocenters. The maximum atomic E-state index is 11.0. The minimum atomic E-state index is -0.211. The summed E-state index contributed by atoms with van der Waals surface area (Å²) in [6.07, 6.45) is 30.6. The quantitative estimate of drug-likeness (QED) is 0.294. The molecule has 0 aromatic carbocycles. The lowest BCUT2D eigenvalue weighted by atomic mass is 9.55. The zero-order chi connectivity index (χ0) is 34.2. The Bertz CT molecular complexity index is 1340. The maximum absolute atomic E-state index is 11.0. The van der Waals surface area contributed by atoms with Gasteiger partial charge in [0.2, 0.25) is 0 Å². The highest BCUT2D eigenvalue weighted by atomic mass is 16.5. The van der Waals surface area contributed by atoms with Crippen molar-refractivity contribution in [2.45, 2.75) is 196 Å². The molecule has 0 bridgehead atoms. The molecular formula is C45H65N5O. The third kappa shape index (κ3) is 5.35. The van der Waals surface area contributed by atoms with Gasteiger partial charge in [-0.1, -0.05) is 64.2 Å². The van der Waals surface area contributed by atoms with Gasteiger partial charge in [0.15, 0.2) is 0 Å². The van der Waals surface area contributed by atoms with Crippen molar-refractivity contribution in [2.75, 3.05) is 0 Å². The van der Waals surface area contributed by atoms with Crippen molar-refractivity contribution in [1.29, 1.82) is 15.8 Å². The third-order valence-electron chi connectivity index (χ3n) is 18.2. The van der Waals surface area contributed by atoms with Crippen molar-refractivity contribution in [3.8, 4) is 18.2 Å². The molecule has 0 radical (unpaired) electrons. The lowest BCUT2D eigenvalue weighted by molar-refractivity contribution is -0.127. The number of nitriles is 3. The van der Waals surface area contributed by atoms with E-state index < -0.39 is 0 Å². The molecule has 6 heteroatoms. The molecule has 7 aliphatic carbocycles. The van der Waals surface area contributed by atoms with Crippen molar-refractivity contribution in [3.05, 3.63) is 0 Å². The predicted molar refractivity (Wildman–Crippen MR) is 196 cm³/mol. The Labute approximate surface area is 309 Å². The van der Waals surface area contributed by atoms with Crippen molar-refractivity contribution in [1.82, 2.24) is 9.80 Å². The molecule has 10 fully saturated rings. The van der Waals surface area contributed by atoms with Gasteiger partial charge in [0, 0.05) is 48.1 Å². The van der Waals surface area contributed by atoms with Crippen molar-refractivity contribution < 1.29 is 4.74 Å². The Morgan fingerprint density at radius 1 is 0.392 bits per heavy atom. The van der Waals surface area contributed by atoms with Gasteiger partial charge in [-0.15, -0.1) is 0 Å². The van der Waals surface area contributed by atoms with E-state index >= 15 is 0 Å². The number of nitrogens with zero attached hydrogens (tertiary/aromatic N) is 5. The van der Waals surface area contributed by atoms with Crippen LogP contribution in [0.25, 0.3) is 0 Å². The fraction of sp³-hybridized carbons (Fsp3) is 0.933. The van der Waals surface area contributed by atoms with Gasteiger partial charge in [-0.3, -0.25) is 9.80 Å². The van der Waals surface area contributed by atoms with Crippen LogP contribution >= 0.6 is 0 Å². The molecule has 6 nitrogen and oxygen atoms in total. The number of hydrogen-bond donors (Lipinski definition) is 0. The molecule has 0 aromatic rings. The smallest absolute Gasteiger partial charge is 0.0659 e. The first-order valence-corrected chi connectivity index (χ1v) is 22.6. The summed E-state index contributed by atoms with van der Waals surface area (Å²) >= 11 is 0. The van der Waals surface area contributed by atoms with E-state index in [0.29, 0.717) is 73.0 Å². The monoisotopic (exact) mass is 692 g/mol. The normalized spacial score (nSPS) is 53.9. The highest BCUT2D eigenvalue weighted by molar-refractivity contribution is 5.20. The summed E-state index contributed by atoms with van der Waals surface area (Å²) in [6.45, 7) is 0. The number of ether oxygens (including phenoxy) is 1. The molecule has 0 spiro atoms. The van der Waals surface area contributed by atoms with Gasteiger partial charge in [-0.2, -0.15) is 15.8 Å². The van der Waals surface area contributed by atoms with Crippen LogP contribution in [0.5, 0.6) is 0 Å². The summed E-state index contributed by atoms with van der Waals surface area (Å²) in [6, 6.07) is 11.8. The molecule has 3 aliphatic heterocycles. The van der Waals surface area contributed by atoms with E-state index in [1.807, 2.05) is 0 Å². The van der Waals surface area contributed by atoms with E-state index in [9.17, 15) is 15.8 Å². The summed E-state index contributed by atoms with van der Waals surface area (Å²) in [5.41, 5.74) is 0. The zero-order valence-electron chi connectivity index (χ0n) is 31.4. The van der Waals surface area contributed by atoms with Crippen molar-refractivity contribution >= 4 is 0 Å². The van der Waals surface area contributed by atoms with Crippen LogP contribution in [0.2, 0.25) is 0 Å². The summed E-state index contributed by atoms with van der Waals surface area (Å²) in [5, 5.41) is 32.1. The summed E-state index contributed by atoms with van der Waals surface area (Å²) in [7, 11) is 0. The number of likely N-dealkylation sites (tertiary alicyclic amines) is 2.